The first kappa shape index (κ1) is 70.2. The maximum Gasteiger partial charge on any atom is 0.335 e. The van der Waals surface area contributed by atoms with E-state index in [0.29, 0.717) is 0 Å². The van der Waals surface area contributed by atoms with E-state index in [1.54, 1.807) is 0 Å². The van der Waals surface area contributed by atoms with E-state index in [-0.39, 0.29) is 0 Å². The highest BCUT2D eigenvalue weighted by atomic mass is 16.8. The van der Waals surface area contributed by atoms with Gasteiger partial charge in [-0.2, -0.15) is 0 Å². The predicted molar refractivity (Wildman–Crippen MR) is 256 cm³/mol. The molecule has 6 heterocycles. The summed E-state index contributed by atoms with van der Waals surface area (Å²) in [4.78, 5) is 36.6. The van der Waals surface area contributed by atoms with E-state index in [2.05, 4.69) is 10.6 Å². The predicted octanol–water partition coefficient (Wildman–Crippen LogP) is -15.2. The zero-order valence-corrected chi connectivity index (χ0v) is 44.9. The van der Waals surface area contributed by atoms with Crippen molar-refractivity contribution in [3.8, 4) is 0 Å². The van der Waals surface area contributed by atoms with Crippen molar-refractivity contribution in [3.05, 3.63) is 0 Å². The lowest BCUT2D eigenvalue weighted by atomic mass is 9.94. The summed E-state index contributed by atoms with van der Waals surface area (Å²) >= 11 is 0. The van der Waals surface area contributed by atoms with Gasteiger partial charge in [-0.1, -0.05) is 0 Å². The van der Waals surface area contributed by atoms with Gasteiger partial charge in [-0.15, -0.1) is 0 Å². The maximum atomic E-state index is 12.4. The van der Waals surface area contributed by atoms with Crippen LogP contribution in [0.4, 0.5) is 0 Å². The Balaban J connectivity index is 1.47. The van der Waals surface area contributed by atoms with Crippen LogP contribution in [-0.4, -0.2) is 373 Å². The number of carbonyl (C=O) groups is 3. The van der Waals surface area contributed by atoms with Gasteiger partial charge >= 0.3 is 5.97 Å². The van der Waals surface area contributed by atoms with Gasteiger partial charge in [-0.3, -0.25) is 9.59 Å². The smallest absolute Gasteiger partial charge is 0.335 e. The second kappa shape index (κ2) is 30.6. The minimum Gasteiger partial charge on any atom is -0.479 e. The molecule has 488 valence electrons. The minimum atomic E-state index is -2.52. The van der Waals surface area contributed by atoms with E-state index < -0.39 is 266 Å². The van der Waals surface area contributed by atoms with Gasteiger partial charge in [0.15, 0.2) is 43.8 Å². The fourth-order valence-electron chi connectivity index (χ4n) is 10.3. The summed E-state index contributed by atoms with van der Waals surface area (Å²) in [6, 6.07) is -3.43. The number of aliphatic hydroxyl groups is 20. The van der Waals surface area contributed by atoms with Crippen molar-refractivity contribution in [2.75, 3.05) is 39.6 Å². The monoisotopic (exact) mass is 1230 g/mol. The van der Waals surface area contributed by atoms with Gasteiger partial charge in [0.1, 0.15) is 153 Å². The average Bonchev–Trinajstić information content (AvgIpc) is 2.41. The van der Waals surface area contributed by atoms with Gasteiger partial charge < -0.3 is 175 Å². The van der Waals surface area contributed by atoms with Crippen molar-refractivity contribution >= 4 is 17.8 Å². The Morgan fingerprint density at radius 1 is 0.440 bits per heavy atom. The highest BCUT2D eigenvalue weighted by molar-refractivity contribution is 5.74. The third-order valence-corrected chi connectivity index (χ3v) is 14.9. The van der Waals surface area contributed by atoms with Crippen LogP contribution in [0.25, 0.3) is 0 Å². The number of carboxylic acid groups (broad SMARTS) is 1. The van der Waals surface area contributed by atoms with Crippen molar-refractivity contribution in [1.82, 2.24) is 10.6 Å². The van der Waals surface area contributed by atoms with Crippen molar-refractivity contribution in [1.29, 1.82) is 0 Å². The van der Waals surface area contributed by atoms with E-state index in [1.165, 1.54) is 6.92 Å². The zero-order chi connectivity index (χ0) is 62.5. The first-order valence-corrected chi connectivity index (χ1v) is 26.4. The first-order valence-electron chi connectivity index (χ1n) is 26.4. The minimum absolute atomic E-state index is 0.801. The second-order valence-electron chi connectivity index (χ2n) is 20.8. The van der Waals surface area contributed by atoms with E-state index in [0.717, 1.165) is 13.8 Å². The number of rotatable bonds is 24. The number of carboxylic acids is 1. The maximum absolute atomic E-state index is 12.4. The lowest BCUT2D eigenvalue weighted by Gasteiger charge is -2.52. The van der Waals surface area contributed by atoms with Gasteiger partial charge in [-0.05, 0) is 6.92 Å². The molecule has 6 rings (SSSR count). The van der Waals surface area contributed by atoms with Gasteiger partial charge in [0, 0.05) is 13.8 Å². The second-order valence-corrected chi connectivity index (χ2v) is 20.8. The normalized spacial score (nSPS) is 46.3. The van der Waals surface area contributed by atoms with Crippen LogP contribution in [0, 0.1) is 0 Å². The molecule has 23 N–H and O–H groups in total. The molecule has 0 aromatic rings. The van der Waals surface area contributed by atoms with E-state index >= 15 is 0 Å². The Labute approximate surface area is 475 Å². The van der Waals surface area contributed by atoms with E-state index in [4.69, 9.17) is 56.8 Å². The topological polar surface area (TPSA) is 611 Å². The number of ether oxygens (including phenoxy) is 12. The van der Waals surface area contributed by atoms with Crippen molar-refractivity contribution in [2.45, 2.75) is 229 Å². The highest BCUT2D eigenvalue weighted by Crippen LogP contribution is 2.39. The molecular formula is C46H78N2O36. The molecule has 6 fully saturated rings. The highest BCUT2D eigenvalue weighted by Gasteiger charge is 2.60. The van der Waals surface area contributed by atoms with Crippen LogP contribution in [0.3, 0.4) is 0 Å². The van der Waals surface area contributed by atoms with Crippen LogP contribution >= 0.6 is 0 Å². The molecule has 38 heteroatoms. The number of hydrogen-bond donors (Lipinski definition) is 23. The largest absolute Gasteiger partial charge is 0.479 e. The molecule has 34 atom stereocenters. The van der Waals surface area contributed by atoms with Crippen LogP contribution in [0.1, 0.15) is 20.8 Å². The molecule has 0 unspecified atom stereocenters. The molecular weight excluding hydrogens is 1160 g/mol. The van der Waals surface area contributed by atoms with Gasteiger partial charge in [-0.25, -0.2) is 4.79 Å². The molecule has 84 heavy (non-hydrogen) atoms. The summed E-state index contributed by atoms with van der Waals surface area (Å²) in [6.07, 6.45) is -69.1. The van der Waals surface area contributed by atoms with Gasteiger partial charge in [0.25, 0.3) is 0 Å². The summed E-state index contributed by atoms with van der Waals surface area (Å²) in [6.45, 7) is -3.77. The zero-order valence-electron chi connectivity index (χ0n) is 44.9. The molecule has 6 aliphatic rings. The summed E-state index contributed by atoms with van der Waals surface area (Å²) in [5.41, 5.74) is 0. The molecule has 38 nitrogen and oxygen atoms in total. The fourth-order valence-corrected chi connectivity index (χ4v) is 10.3. The third-order valence-electron chi connectivity index (χ3n) is 14.9. The number of nitrogens with one attached hydrogen (secondary N) is 2. The molecule has 0 radical (unpaired) electrons. The Bertz CT molecular complexity index is 2080. The third kappa shape index (κ3) is 15.4. The summed E-state index contributed by atoms with van der Waals surface area (Å²) in [5, 5.41) is 232. The Kier molecular flexibility index (Phi) is 25.5. The van der Waals surface area contributed by atoms with Gasteiger partial charge in [0.05, 0.1) is 51.8 Å². The molecule has 0 bridgehead atoms. The molecule has 6 aliphatic heterocycles. The quantitative estimate of drug-likeness (QED) is 0.0427. The average molecular weight is 1240 g/mol. The van der Waals surface area contributed by atoms with E-state index in [9.17, 15) is 122 Å². The number of aliphatic hydroxyl groups excluding tert-OH is 20. The Hall–Kier alpha value is -2.87. The number of carbonyl (C=O) groups excluding carboxylic acids is 2. The summed E-state index contributed by atoms with van der Waals surface area (Å²) in [7, 11) is 0. The first-order chi connectivity index (χ1) is 39.6. The number of amides is 2. The number of aliphatic carboxylic acids is 1. The van der Waals surface area contributed by atoms with Crippen LogP contribution in [0.2, 0.25) is 0 Å². The van der Waals surface area contributed by atoms with Crippen LogP contribution < -0.4 is 10.6 Å². The molecule has 0 spiro atoms. The lowest BCUT2D eigenvalue weighted by molar-refractivity contribution is -0.418. The molecule has 2 amide bonds. The molecule has 0 aromatic heterocycles. The standard InChI is InChI=1S/C46H78N2O36/c1-10-20(58)25(63)29(67)42(73-10)84-39-38(83-45-32(70)36(23(61)16(7-52)75-45)81-44-30(68)26(64)27(65)37(82-44)40(71)72)35(18(9-54)77-46(39)78-33(21(59)14(57)5-50)13(4-49)47-11(2)55)80-43-31(69)28(66)34(17(8-53)76-43)79-41-19(48-12(3)56)24(62)22(60)15(6-51)74-41/h10,13-39,41-46,49-54,57-70H,4-9H2,1-3H3,(H,47,55)(H,48,56)(H,71,72)/t10-,13-,14+,15+,16+,17+,18+,19+,20+,21-,22-,23-,24+,25+,26-,27-,28+,29-,30+,31+,32+,33+,34-,35-,36-,37-,38-,39+,41+,42-,43-,44+,45-,46-/m0/s1. The molecule has 0 aromatic carbocycles. The van der Waals surface area contributed by atoms with Crippen molar-refractivity contribution < 1.29 is 178 Å². The molecule has 0 aliphatic carbocycles. The Morgan fingerprint density at radius 3 is 1.46 bits per heavy atom. The van der Waals surface area contributed by atoms with Crippen LogP contribution in [-0.2, 0) is 71.2 Å². The van der Waals surface area contributed by atoms with E-state index in [1.807, 2.05) is 0 Å². The molecule has 6 saturated heterocycles. The number of hydrogen-bond acceptors (Lipinski definition) is 35. The fraction of sp³-hybridized carbons (Fsp3) is 0.935. The van der Waals surface area contributed by atoms with Crippen molar-refractivity contribution in [3.63, 3.8) is 0 Å². The Morgan fingerprint density at radius 2 is 0.905 bits per heavy atom. The van der Waals surface area contributed by atoms with Gasteiger partial charge in [0.2, 0.25) is 11.8 Å². The van der Waals surface area contributed by atoms with Crippen LogP contribution in [0.5, 0.6) is 0 Å². The summed E-state index contributed by atoms with van der Waals surface area (Å²) < 4.78 is 70.6. The molecule has 0 saturated carbocycles. The van der Waals surface area contributed by atoms with Crippen molar-refractivity contribution in [2.24, 2.45) is 0 Å². The van der Waals surface area contributed by atoms with Crippen LogP contribution in [0.15, 0.2) is 0 Å². The lowest BCUT2D eigenvalue weighted by Crippen LogP contribution is -2.70. The SMILES string of the molecule is CC(=O)N[C@H]1[C@@H](O[C@@H]2[C@H](O)[C@@H](O)[C@H](O[C@@H]3[C@H](O[C@@H]4O[C@H](CO)[C@H](O)[C@H](O[C@@H]5O[C@H](C(=O)O)[C@@H](O)[C@H](O)[C@H]5O)[C@H]4O)[C@@H](O[C@@H]4O[C@@H](C)[C@@H](O)[C@@H](O)[C@@H]4O)[C@H](O[C@@H]([C@@H](O)[C@H](O)CO)[C@H](CO)NC(C)=O)O[C@@H]3CO)O[C@@H]2CO)O[C@H](CO)[C@H](O)[C@@H]1O. The summed E-state index contributed by atoms with van der Waals surface area (Å²) in [5.74, 6) is -3.58.